The summed E-state index contributed by atoms with van der Waals surface area (Å²) in [5.74, 6) is -2.87. The number of unbranched alkanes of at least 4 members (excludes halogenated alkanes) is 2. The number of rotatable bonds is 8. The zero-order valence-electron chi connectivity index (χ0n) is 20.0. The van der Waals surface area contributed by atoms with Gasteiger partial charge >= 0.3 is 12.1 Å². The number of benzene rings is 1. The van der Waals surface area contributed by atoms with E-state index in [1.54, 1.807) is 4.90 Å². The molecule has 34 heavy (non-hydrogen) atoms. The lowest BCUT2D eigenvalue weighted by molar-refractivity contribution is -0.192. The van der Waals surface area contributed by atoms with Gasteiger partial charge in [-0.2, -0.15) is 17.5 Å². The summed E-state index contributed by atoms with van der Waals surface area (Å²) in [6.07, 6.45) is -2.38. The third-order valence-corrected chi connectivity index (χ3v) is 7.39. The van der Waals surface area contributed by atoms with Crippen molar-refractivity contribution in [2.45, 2.75) is 58.0 Å². The first-order chi connectivity index (χ1) is 15.7. The van der Waals surface area contributed by atoms with Gasteiger partial charge in [0.05, 0.1) is 11.4 Å². The second kappa shape index (κ2) is 13.1. The Bertz CT molecular complexity index is 923. The molecule has 12 heteroatoms. The molecule has 1 aromatic carbocycles. The number of aryl methyl sites for hydroxylation is 3. The number of nitrogens with zero attached hydrogens (tertiary/aromatic N) is 2. The van der Waals surface area contributed by atoms with Gasteiger partial charge in [0.25, 0.3) is 0 Å². The number of carbonyl (C=O) groups excluding carboxylic acids is 1. The van der Waals surface area contributed by atoms with E-state index < -0.39 is 22.2 Å². The second-order valence-corrected chi connectivity index (χ2v) is 10.1. The van der Waals surface area contributed by atoms with Crippen molar-refractivity contribution in [1.29, 1.82) is 0 Å². The number of piperazine rings is 1. The average molecular weight is 510 g/mol. The van der Waals surface area contributed by atoms with Crippen LogP contribution in [0.1, 0.15) is 42.9 Å². The minimum atomic E-state index is -5.08. The summed E-state index contributed by atoms with van der Waals surface area (Å²) in [5.41, 5.74) is 2.52. The van der Waals surface area contributed by atoms with Crippen LogP contribution in [0.3, 0.4) is 0 Å². The Hall–Kier alpha value is -2.18. The molecule has 1 aliphatic heterocycles. The predicted octanol–water partition coefficient (Wildman–Crippen LogP) is 2.86. The fourth-order valence-electron chi connectivity index (χ4n) is 3.69. The number of carboxylic acid groups (broad SMARTS) is 1. The van der Waals surface area contributed by atoms with Crippen LogP contribution < -0.4 is 5.32 Å². The average Bonchev–Trinajstić information content (AvgIpc) is 2.72. The molecule has 8 nitrogen and oxygen atoms in total. The highest BCUT2D eigenvalue weighted by molar-refractivity contribution is 7.89. The van der Waals surface area contributed by atoms with Crippen molar-refractivity contribution >= 4 is 21.9 Å². The lowest BCUT2D eigenvalue weighted by atomic mass is 10.1. The van der Waals surface area contributed by atoms with Gasteiger partial charge in [-0.15, -0.1) is 0 Å². The molecule has 1 aliphatic rings. The number of carboxylic acids is 1. The summed E-state index contributed by atoms with van der Waals surface area (Å²) in [7, 11) is -3.72. The minimum absolute atomic E-state index is 0.0845. The molecule has 2 N–H and O–H groups in total. The van der Waals surface area contributed by atoms with E-state index in [9.17, 15) is 26.4 Å². The van der Waals surface area contributed by atoms with Crippen molar-refractivity contribution in [2.24, 2.45) is 0 Å². The number of hydrogen-bond donors (Lipinski definition) is 2. The molecular formula is C22H34F3N3O5S. The van der Waals surface area contributed by atoms with E-state index in [4.69, 9.17) is 9.90 Å². The molecule has 0 saturated carbocycles. The van der Waals surface area contributed by atoms with Crippen LogP contribution in [0.5, 0.6) is 0 Å². The summed E-state index contributed by atoms with van der Waals surface area (Å²) >= 11 is 0. The number of halogens is 3. The largest absolute Gasteiger partial charge is 0.490 e. The van der Waals surface area contributed by atoms with Crippen molar-refractivity contribution in [3.8, 4) is 0 Å². The van der Waals surface area contributed by atoms with Crippen LogP contribution in [0.25, 0.3) is 0 Å². The Morgan fingerprint density at radius 2 is 1.59 bits per heavy atom. The number of aliphatic carboxylic acids is 1. The minimum Gasteiger partial charge on any atom is -0.475 e. The van der Waals surface area contributed by atoms with E-state index in [2.05, 4.69) is 12.2 Å². The summed E-state index contributed by atoms with van der Waals surface area (Å²) < 4.78 is 60.0. The Balaban J connectivity index is 0.000000718. The highest BCUT2D eigenvalue weighted by Gasteiger charge is 2.38. The third-order valence-electron chi connectivity index (χ3n) is 5.24. The van der Waals surface area contributed by atoms with Gasteiger partial charge in [-0.3, -0.25) is 4.79 Å². The second-order valence-electron chi connectivity index (χ2n) is 8.21. The zero-order chi connectivity index (χ0) is 26.1. The molecule has 0 aliphatic carbocycles. The maximum atomic E-state index is 13.4. The van der Waals surface area contributed by atoms with Crippen LogP contribution in [0.2, 0.25) is 0 Å². The molecule has 2 rings (SSSR count). The van der Waals surface area contributed by atoms with E-state index in [1.807, 2.05) is 32.9 Å². The van der Waals surface area contributed by atoms with Gasteiger partial charge in [0.2, 0.25) is 15.9 Å². The van der Waals surface area contributed by atoms with E-state index in [0.717, 1.165) is 49.0 Å². The number of hydrogen-bond acceptors (Lipinski definition) is 5. The van der Waals surface area contributed by atoms with Gasteiger partial charge in [0.1, 0.15) is 0 Å². The smallest absolute Gasteiger partial charge is 0.475 e. The van der Waals surface area contributed by atoms with Gasteiger partial charge in [-0.05, 0) is 38.3 Å². The fourth-order valence-corrected chi connectivity index (χ4v) is 5.53. The van der Waals surface area contributed by atoms with Crippen molar-refractivity contribution in [1.82, 2.24) is 14.5 Å². The molecule has 0 radical (unpaired) electrons. The van der Waals surface area contributed by atoms with Crippen LogP contribution in [-0.2, 0) is 19.6 Å². The maximum Gasteiger partial charge on any atom is 0.490 e. The fraction of sp³-hybridized carbons (Fsp3) is 0.636. The molecule has 0 aromatic heterocycles. The summed E-state index contributed by atoms with van der Waals surface area (Å²) in [4.78, 5) is 23.7. The number of nitrogens with one attached hydrogen (secondary N) is 1. The van der Waals surface area contributed by atoms with Crippen molar-refractivity contribution in [2.75, 3.05) is 39.3 Å². The van der Waals surface area contributed by atoms with E-state index in [0.29, 0.717) is 24.5 Å². The van der Waals surface area contributed by atoms with Crippen LogP contribution in [0.4, 0.5) is 13.2 Å². The summed E-state index contributed by atoms with van der Waals surface area (Å²) in [6, 6.07) is 3.78. The molecule has 1 fully saturated rings. The molecule has 0 spiro atoms. The molecule has 0 atom stereocenters. The monoisotopic (exact) mass is 509 g/mol. The van der Waals surface area contributed by atoms with Crippen LogP contribution in [-0.4, -0.2) is 80.1 Å². The van der Waals surface area contributed by atoms with Crippen LogP contribution >= 0.6 is 0 Å². The number of amides is 1. The quantitative estimate of drug-likeness (QED) is 0.522. The van der Waals surface area contributed by atoms with E-state index in [-0.39, 0.29) is 12.5 Å². The Morgan fingerprint density at radius 3 is 2.03 bits per heavy atom. The first kappa shape index (κ1) is 29.9. The Labute approximate surface area is 199 Å². The molecule has 1 saturated heterocycles. The Morgan fingerprint density at radius 1 is 1.09 bits per heavy atom. The Kier molecular flexibility index (Phi) is 11.5. The van der Waals surface area contributed by atoms with Gasteiger partial charge < -0.3 is 15.3 Å². The van der Waals surface area contributed by atoms with Crippen molar-refractivity contribution in [3.05, 3.63) is 28.8 Å². The normalized spacial score (nSPS) is 14.5. The topological polar surface area (TPSA) is 107 Å². The van der Waals surface area contributed by atoms with Gasteiger partial charge in [0.15, 0.2) is 0 Å². The molecule has 1 aromatic rings. The van der Waals surface area contributed by atoms with E-state index >= 15 is 0 Å². The standard InChI is InChI=1S/C20H33N3O3S.C2HF3O2/c1-5-6-7-10-23(15-19(24)22-11-8-21-9-12-22)27(25,26)20-17(3)13-16(2)14-18(20)4;3-2(4,5)1(6)7/h13-14,21H,5-12,15H2,1-4H3;(H,6,7). The highest BCUT2D eigenvalue weighted by atomic mass is 32.2. The zero-order valence-corrected chi connectivity index (χ0v) is 20.9. The lowest BCUT2D eigenvalue weighted by Crippen LogP contribution is -2.50. The first-order valence-electron chi connectivity index (χ1n) is 11.1. The lowest BCUT2D eigenvalue weighted by Gasteiger charge is -2.30. The van der Waals surface area contributed by atoms with Crippen molar-refractivity contribution in [3.63, 3.8) is 0 Å². The van der Waals surface area contributed by atoms with Gasteiger partial charge in [0, 0.05) is 32.7 Å². The number of alkyl halides is 3. The van der Waals surface area contributed by atoms with Crippen LogP contribution in [0.15, 0.2) is 17.0 Å². The molecule has 1 amide bonds. The molecule has 194 valence electrons. The SMILES string of the molecule is CCCCCN(CC(=O)N1CCNCC1)S(=O)(=O)c1c(C)cc(C)cc1C.O=C(O)C(F)(F)F. The number of carbonyl (C=O) groups is 2. The molecule has 0 unspecified atom stereocenters. The highest BCUT2D eigenvalue weighted by Crippen LogP contribution is 2.26. The van der Waals surface area contributed by atoms with E-state index in [1.165, 1.54) is 4.31 Å². The third kappa shape index (κ3) is 8.88. The molecular weight excluding hydrogens is 475 g/mol. The summed E-state index contributed by atoms with van der Waals surface area (Å²) in [6.45, 7) is 10.8. The van der Waals surface area contributed by atoms with Gasteiger partial charge in [-0.1, -0.05) is 37.5 Å². The first-order valence-corrected chi connectivity index (χ1v) is 12.5. The van der Waals surface area contributed by atoms with Crippen molar-refractivity contribution < 1.29 is 36.3 Å². The predicted molar refractivity (Wildman–Crippen MR) is 122 cm³/mol. The maximum absolute atomic E-state index is 13.4. The van der Waals surface area contributed by atoms with Gasteiger partial charge in [-0.25, -0.2) is 13.2 Å². The summed E-state index contributed by atoms with van der Waals surface area (Å²) in [5, 5.41) is 10.3. The number of sulfonamides is 1. The van der Waals surface area contributed by atoms with Crippen LogP contribution in [0, 0.1) is 20.8 Å². The molecule has 1 heterocycles. The molecule has 0 bridgehead atoms.